The zero-order chi connectivity index (χ0) is 8.72. The van der Waals surface area contributed by atoms with Gasteiger partial charge < -0.3 is 10.5 Å². The first-order chi connectivity index (χ1) is 5.70. The summed E-state index contributed by atoms with van der Waals surface area (Å²) in [5.41, 5.74) is 6.32. The molecule has 0 bridgehead atoms. The Morgan fingerprint density at radius 3 is 3.08 bits per heavy atom. The van der Waals surface area contributed by atoms with Crippen molar-refractivity contribution in [3.8, 4) is 5.75 Å². The van der Waals surface area contributed by atoms with Crippen molar-refractivity contribution in [2.75, 3.05) is 6.61 Å². The minimum absolute atomic E-state index is 0.0721. The van der Waals surface area contributed by atoms with E-state index in [1.807, 2.05) is 0 Å². The molecule has 2 nitrogen and oxygen atoms in total. The number of rotatable bonds is 0. The van der Waals surface area contributed by atoms with Crippen LogP contribution in [0.1, 0.15) is 11.6 Å². The molecule has 2 rings (SSSR count). The number of benzene rings is 1. The molecule has 1 unspecified atom stereocenters. The van der Waals surface area contributed by atoms with Gasteiger partial charge in [0.15, 0.2) is 11.6 Å². The first-order valence-electron chi connectivity index (χ1n) is 3.56. The molecule has 0 radical (unpaired) electrons. The van der Waals surface area contributed by atoms with Crippen molar-refractivity contribution >= 4 is 11.6 Å². The minimum Gasteiger partial charge on any atom is -0.488 e. The van der Waals surface area contributed by atoms with Crippen LogP contribution in [0.15, 0.2) is 12.1 Å². The second-order valence-electron chi connectivity index (χ2n) is 2.70. The van der Waals surface area contributed by atoms with Crippen LogP contribution in [0.3, 0.4) is 0 Å². The van der Waals surface area contributed by atoms with Gasteiger partial charge in [0.1, 0.15) is 6.61 Å². The van der Waals surface area contributed by atoms with Crippen molar-refractivity contribution in [2.45, 2.75) is 6.04 Å². The molecule has 64 valence electrons. The first-order valence-corrected chi connectivity index (χ1v) is 3.94. The Labute approximate surface area is 74.1 Å². The minimum atomic E-state index is -0.512. The lowest BCUT2D eigenvalue weighted by Crippen LogP contribution is -2.10. The molecule has 12 heavy (non-hydrogen) atoms. The molecule has 0 aliphatic carbocycles. The molecule has 0 fully saturated rings. The van der Waals surface area contributed by atoms with Crippen LogP contribution in [0.25, 0.3) is 0 Å². The summed E-state index contributed by atoms with van der Waals surface area (Å²) in [6, 6.07) is 2.95. The number of fused-ring (bicyclic) bond motifs is 1. The van der Waals surface area contributed by atoms with Crippen molar-refractivity contribution in [3.63, 3.8) is 0 Å². The van der Waals surface area contributed by atoms with E-state index in [9.17, 15) is 4.39 Å². The van der Waals surface area contributed by atoms with Gasteiger partial charge in [-0.1, -0.05) is 17.7 Å². The fourth-order valence-corrected chi connectivity index (χ4v) is 1.40. The highest BCUT2D eigenvalue weighted by atomic mass is 35.5. The van der Waals surface area contributed by atoms with Crippen molar-refractivity contribution in [1.29, 1.82) is 0 Å². The van der Waals surface area contributed by atoms with E-state index in [1.165, 1.54) is 6.07 Å². The van der Waals surface area contributed by atoms with Gasteiger partial charge in [-0.25, -0.2) is 4.39 Å². The Hall–Kier alpha value is -0.800. The number of nitrogens with two attached hydrogens (primary N) is 1. The van der Waals surface area contributed by atoms with Crippen LogP contribution in [0, 0.1) is 5.82 Å². The zero-order valence-electron chi connectivity index (χ0n) is 6.18. The molecule has 1 aromatic rings. The summed E-state index contributed by atoms with van der Waals surface area (Å²) in [5, 5.41) is 0.0721. The van der Waals surface area contributed by atoms with Crippen molar-refractivity contribution in [3.05, 3.63) is 28.5 Å². The van der Waals surface area contributed by atoms with E-state index in [-0.39, 0.29) is 16.8 Å². The molecular weight excluding hydrogens is 181 g/mol. The lowest BCUT2D eigenvalue weighted by atomic mass is 10.1. The van der Waals surface area contributed by atoms with Crippen LogP contribution in [-0.2, 0) is 0 Å². The molecule has 4 heteroatoms. The van der Waals surface area contributed by atoms with Crippen molar-refractivity contribution < 1.29 is 9.13 Å². The van der Waals surface area contributed by atoms with Crippen LogP contribution < -0.4 is 10.5 Å². The number of halogens is 2. The largest absolute Gasteiger partial charge is 0.488 e. The molecule has 0 saturated carbocycles. The topological polar surface area (TPSA) is 35.2 Å². The third-order valence-electron chi connectivity index (χ3n) is 1.89. The molecule has 1 aromatic carbocycles. The predicted molar refractivity (Wildman–Crippen MR) is 43.8 cm³/mol. The summed E-state index contributed by atoms with van der Waals surface area (Å²) >= 11 is 5.54. The Balaban J connectivity index is 2.60. The van der Waals surface area contributed by atoms with Gasteiger partial charge in [0.25, 0.3) is 0 Å². The van der Waals surface area contributed by atoms with Crippen LogP contribution in [-0.4, -0.2) is 6.61 Å². The lowest BCUT2D eigenvalue weighted by molar-refractivity contribution is 0.319. The zero-order valence-corrected chi connectivity index (χ0v) is 6.94. The summed E-state index contributed by atoms with van der Waals surface area (Å²) in [5.74, 6) is -0.308. The summed E-state index contributed by atoms with van der Waals surface area (Å²) < 4.78 is 18.2. The molecule has 1 aliphatic heterocycles. The number of hydrogen-bond donors (Lipinski definition) is 1. The Kier molecular flexibility index (Phi) is 1.70. The van der Waals surface area contributed by atoms with Crippen LogP contribution in [0.5, 0.6) is 5.75 Å². The fourth-order valence-electron chi connectivity index (χ4n) is 1.25. The molecule has 1 atom stereocenters. The van der Waals surface area contributed by atoms with Crippen LogP contribution in [0.2, 0.25) is 5.02 Å². The van der Waals surface area contributed by atoms with Crippen molar-refractivity contribution in [1.82, 2.24) is 0 Å². The Morgan fingerprint density at radius 2 is 2.33 bits per heavy atom. The van der Waals surface area contributed by atoms with Gasteiger partial charge in [0.05, 0.1) is 11.1 Å². The second-order valence-corrected chi connectivity index (χ2v) is 3.10. The fraction of sp³-hybridized carbons (Fsp3) is 0.250. The summed E-state index contributed by atoms with van der Waals surface area (Å²) in [4.78, 5) is 0. The SMILES string of the molecule is NC1COc2c1ccc(Cl)c2F. The predicted octanol–water partition coefficient (Wildman–Crippen LogP) is 1.87. The maximum absolute atomic E-state index is 13.2. The molecule has 2 N–H and O–H groups in total. The van der Waals surface area contributed by atoms with Gasteiger partial charge in [0.2, 0.25) is 0 Å². The maximum Gasteiger partial charge on any atom is 0.183 e. The van der Waals surface area contributed by atoms with E-state index in [1.54, 1.807) is 6.07 Å². The van der Waals surface area contributed by atoms with Crippen LogP contribution in [0.4, 0.5) is 4.39 Å². The Bertz CT molecular complexity index is 329. The lowest BCUT2D eigenvalue weighted by Gasteiger charge is -2.01. The highest BCUT2D eigenvalue weighted by Gasteiger charge is 2.24. The van der Waals surface area contributed by atoms with E-state index in [0.29, 0.717) is 12.2 Å². The van der Waals surface area contributed by atoms with Gasteiger partial charge >= 0.3 is 0 Å². The standard InChI is InChI=1S/C8H7ClFNO/c9-5-2-1-4-6(11)3-12-8(4)7(5)10/h1-2,6H,3,11H2. The highest BCUT2D eigenvalue weighted by Crippen LogP contribution is 2.36. The molecule has 0 aromatic heterocycles. The molecule has 0 saturated heterocycles. The molecule has 1 heterocycles. The molecule has 0 amide bonds. The average Bonchev–Trinajstić information content (AvgIpc) is 2.41. The van der Waals surface area contributed by atoms with Gasteiger partial charge in [0, 0.05) is 5.56 Å². The number of hydrogen-bond acceptors (Lipinski definition) is 2. The molecule has 0 spiro atoms. The number of ether oxygens (including phenoxy) is 1. The highest BCUT2D eigenvalue weighted by molar-refractivity contribution is 6.30. The van der Waals surface area contributed by atoms with Gasteiger partial charge in [-0.05, 0) is 6.07 Å². The summed E-state index contributed by atoms with van der Waals surface area (Å²) in [6.45, 7) is 0.326. The third-order valence-corrected chi connectivity index (χ3v) is 2.18. The van der Waals surface area contributed by atoms with Crippen molar-refractivity contribution in [2.24, 2.45) is 5.73 Å². The van der Waals surface area contributed by atoms with Gasteiger partial charge in [-0.3, -0.25) is 0 Å². The summed E-state index contributed by atoms with van der Waals surface area (Å²) in [7, 11) is 0. The van der Waals surface area contributed by atoms with Crippen LogP contribution >= 0.6 is 11.6 Å². The van der Waals surface area contributed by atoms with Gasteiger partial charge in [-0.15, -0.1) is 0 Å². The van der Waals surface area contributed by atoms with E-state index >= 15 is 0 Å². The van der Waals surface area contributed by atoms with E-state index in [2.05, 4.69) is 0 Å². The maximum atomic E-state index is 13.2. The average molecular weight is 188 g/mol. The summed E-state index contributed by atoms with van der Waals surface area (Å²) in [6.07, 6.45) is 0. The van der Waals surface area contributed by atoms with Gasteiger partial charge in [-0.2, -0.15) is 0 Å². The Morgan fingerprint density at radius 1 is 1.58 bits per heavy atom. The molecular formula is C8H7ClFNO. The smallest absolute Gasteiger partial charge is 0.183 e. The molecule has 1 aliphatic rings. The first kappa shape index (κ1) is 7.83. The van der Waals surface area contributed by atoms with E-state index in [4.69, 9.17) is 22.1 Å². The normalized spacial score (nSPS) is 20.4. The monoisotopic (exact) mass is 187 g/mol. The van der Waals surface area contributed by atoms with E-state index < -0.39 is 5.82 Å². The van der Waals surface area contributed by atoms with E-state index in [0.717, 1.165) is 0 Å². The third kappa shape index (κ3) is 0.974. The second kappa shape index (κ2) is 2.61. The quantitative estimate of drug-likeness (QED) is 0.673.